The lowest BCUT2D eigenvalue weighted by Gasteiger charge is -2.17. The second kappa shape index (κ2) is 10.8. The second-order valence-corrected chi connectivity index (χ2v) is 9.86. The van der Waals surface area contributed by atoms with E-state index in [0.29, 0.717) is 29.7 Å². The number of pyridine rings is 1. The third-order valence-electron chi connectivity index (χ3n) is 7.37. The van der Waals surface area contributed by atoms with Gasteiger partial charge in [0.2, 0.25) is 5.91 Å². The van der Waals surface area contributed by atoms with Crippen LogP contribution < -0.4 is 10.5 Å². The number of nitrogens with zero attached hydrogens (tertiary/aromatic N) is 2. The highest BCUT2D eigenvalue weighted by Gasteiger charge is 2.36. The number of carbonyl (C=O) groups excluding carboxylic acids is 1. The molecular weight excluding hydrogens is 457 g/mol. The van der Waals surface area contributed by atoms with Gasteiger partial charge in [0.15, 0.2) is 0 Å². The van der Waals surface area contributed by atoms with Crippen LogP contribution in [0.15, 0.2) is 60.8 Å². The molecule has 2 saturated heterocycles. The largest absolute Gasteiger partial charge is 0.492 e. The third kappa shape index (κ3) is 5.42. The van der Waals surface area contributed by atoms with E-state index in [4.69, 9.17) is 15.2 Å². The zero-order valence-electron chi connectivity index (χ0n) is 20.5. The first-order valence-corrected chi connectivity index (χ1v) is 12.5. The number of benzene rings is 2. The number of ether oxygens (including phenoxy) is 2. The maximum atomic E-state index is 14.1. The number of fused-ring (bicyclic) bond motifs is 1. The van der Waals surface area contributed by atoms with Crippen molar-refractivity contribution >= 4 is 5.91 Å². The minimum absolute atomic E-state index is 0.173. The molecule has 3 heterocycles. The average Bonchev–Trinajstić information content (AvgIpc) is 3.46. The summed E-state index contributed by atoms with van der Waals surface area (Å²) in [6, 6.07) is 16.2. The van der Waals surface area contributed by atoms with Gasteiger partial charge in [0.25, 0.3) is 0 Å². The van der Waals surface area contributed by atoms with Gasteiger partial charge in [0.1, 0.15) is 18.2 Å². The zero-order chi connectivity index (χ0) is 25.1. The van der Waals surface area contributed by atoms with Crippen LogP contribution >= 0.6 is 0 Å². The van der Waals surface area contributed by atoms with E-state index in [-0.39, 0.29) is 12.2 Å². The topological polar surface area (TPSA) is 77.7 Å². The van der Waals surface area contributed by atoms with Crippen LogP contribution in [0.2, 0.25) is 0 Å². The molecule has 1 amide bonds. The molecule has 1 aromatic heterocycles. The Hall–Kier alpha value is -3.29. The van der Waals surface area contributed by atoms with Crippen molar-refractivity contribution in [3.63, 3.8) is 0 Å². The van der Waals surface area contributed by atoms with E-state index in [1.54, 1.807) is 30.5 Å². The summed E-state index contributed by atoms with van der Waals surface area (Å²) in [5, 5.41) is 0. The van der Waals surface area contributed by atoms with Gasteiger partial charge < -0.3 is 15.2 Å². The maximum absolute atomic E-state index is 14.1. The summed E-state index contributed by atoms with van der Waals surface area (Å²) in [5.41, 5.74) is 9.66. The number of amides is 1. The molecule has 5 rings (SSSR count). The molecule has 2 aliphatic heterocycles. The molecule has 2 aliphatic rings. The van der Waals surface area contributed by atoms with Crippen molar-refractivity contribution in [3.8, 4) is 16.9 Å². The Morgan fingerprint density at radius 3 is 2.61 bits per heavy atom. The summed E-state index contributed by atoms with van der Waals surface area (Å²) in [5.74, 6) is 0.642. The maximum Gasteiger partial charge on any atom is 0.226 e. The van der Waals surface area contributed by atoms with Crippen molar-refractivity contribution in [2.45, 2.75) is 19.3 Å². The number of aromatic nitrogens is 1. The van der Waals surface area contributed by atoms with Gasteiger partial charge in [-0.05, 0) is 54.3 Å². The van der Waals surface area contributed by atoms with Crippen LogP contribution in [0.3, 0.4) is 0 Å². The molecule has 188 valence electrons. The predicted octanol–water partition coefficient (Wildman–Crippen LogP) is 3.96. The molecule has 7 heteroatoms. The summed E-state index contributed by atoms with van der Waals surface area (Å²) in [6.45, 7) is 7.62. The van der Waals surface area contributed by atoms with Gasteiger partial charge in [-0.25, -0.2) is 4.39 Å². The molecule has 3 atom stereocenters. The molecule has 0 saturated carbocycles. The van der Waals surface area contributed by atoms with Crippen LogP contribution in [0.5, 0.6) is 5.75 Å². The number of hydrogen-bond donors (Lipinski definition) is 1. The van der Waals surface area contributed by atoms with Gasteiger partial charge in [-0.2, -0.15) is 0 Å². The molecule has 1 unspecified atom stereocenters. The van der Waals surface area contributed by atoms with Gasteiger partial charge in [0, 0.05) is 43.2 Å². The van der Waals surface area contributed by atoms with Crippen LogP contribution in [-0.2, 0) is 16.0 Å². The minimum Gasteiger partial charge on any atom is -0.492 e. The lowest BCUT2D eigenvalue weighted by atomic mass is 9.93. The SMILES string of the molecule is Cc1cc(OCCN2C[C@H]3COC[C@H]3C2)ccc1-c1ccc(C(Cc2ccccc2F)C(N)=O)nc1. The molecule has 0 spiro atoms. The zero-order valence-corrected chi connectivity index (χ0v) is 20.5. The van der Waals surface area contributed by atoms with Gasteiger partial charge in [-0.1, -0.05) is 30.3 Å². The molecule has 2 aromatic carbocycles. The van der Waals surface area contributed by atoms with Crippen molar-refractivity contribution in [3.05, 3.63) is 83.4 Å². The van der Waals surface area contributed by atoms with E-state index in [1.165, 1.54) is 6.07 Å². The van der Waals surface area contributed by atoms with Crippen LogP contribution in [0, 0.1) is 24.6 Å². The Labute approximate surface area is 211 Å². The summed E-state index contributed by atoms with van der Waals surface area (Å²) in [7, 11) is 0. The van der Waals surface area contributed by atoms with Crippen LogP contribution in [-0.4, -0.2) is 55.2 Å². The molecule has 0 radical (unpaired) electrons. The van der Waals surface area contributed by atoms with Crippen molar-refractivity contribution in [2.24, 2.45) is 17.6 Å². The number of carbonyl (C=O) groups is 1. The van der Waals surface area contributed by atoms with Gasteiger partial charge >= 0.3 is 0 Å². The molecule has 6 nitrogen and oxygen atoms in total. The van der Waals surface area contributed by atoms with E-state index >= 15 is 0 Å². The Bertz CT molecular complexity index is 1200. The predicted molar refractivity (Wildman–Crippen MR) is 136 cm³/mol. The Morgan fingerprint density at radius 1 is 1.17 bits per heavy atom. The lowest BCUT2D eigenvalue weighted by Crippen LogP contribution is -2.27. The highest BCUT2D eigenvalue weighted by atomic mass is 19.1. The molecule has 2 fully saturated rings. The van der Waals surface area contributed by atoms with E-state index in [2.05, 4.69) is 9.88 Å². The Kier molecular flexibility index (Phi) is 7.30. The third-order valence-corrected chi connectivity index (χ3v) is 7.37. The first kappa shape index (κ1) is 24.4. The van der Waals surface area contributed by atoms with Crippen molar-refractivity contribution < 1.29 is 18.7 Å². The van der Waals surface area contributed by atoms with Crippen molar-refractivity contribution in [2.75, 3.05) is 39.5 Å². The fourth-order valence-electron chi connectivity index (χ4n) is 5.31. The standard InChI is InChI=1S/C29H32FN3O3/c1-19-12-24(36-11-10-33-15-22-17-35-18-23(22)16-33)7-8-25(19)21-6-9-28(32-14-21)26(29(31)34)13-20-4-2-3-5-27(20)30/h2-9,12,14,22-23,26H,10-11,13,15-18H2,1H3,(H2,31,34)/t22-,23+,26?. The number of likely N-dealkylation sites (tertiary alicyclic amines) is 1. The summed E-state index contributed by atoms with van der Waals surface area (Å²) in [4.78, 5) is 19.1. The summed E-state index contributed by atoms with van der Waals surface area (Å²) in [6.07, 6.45) is 1.91. The van der Waals surface area contributed by atoms with E-state index in [1.807, 2.05) is 31.2 Å². The molecule has 0 aliphatic carbocycles. The summed E-state index contributed by atoms with van der Waals surface area (Å²) < 4.78 is 25.7. The van der Waals surface area contributed by atoms with Crippen LogP contribution in [0.25, 0.3) is 11.1 Å². The number of halogens is 1. The number of hydrogen-bond acceptors (Lipinski definition) is 5. The van der Waals surface area contributed by atoms with Crippen molar-refractivity contribution in [1.29, 1.82) is 0 Å². The van der Waals surface area contributed by atoms with Crippen LogP contribution in [0.1, 0.15) is 22.7 Å². The monoisotopic (exact) mass is 489 g/mol. The Morgan fingerprint density at radius 2 is 1.94 bits per heavy atom. The lowest BCUT2D eigenvalue weighted by molar-refractivity contribution is -0.119. The fourth-order valence-corrected chi connectivity index (χ4v) is 5.31. The van der Waals surface area contributed by atoms with E-state index in [0.717, 1.165) is 55.3 Å². The van der Waals surface area contributed by atoms with Crippen LogP contribution in [0.4, 0.5) is 4.39 Å². The number of primary amides is 1. The van der Waals surface area contributed by atoms with E-state index in [9.17, 15) is 9.18 Å². The normalized spacial score (nSPS) is 20.3. The second-order valence-electron chi connectivity index (χ2n) is 9.86. The molecule has 0 bridgehead atoms. The quantitative estimate of drug-likeness (QED) is 0.492. The van der Waals surface area contributed by atoms with Crippen molar-refractivity contribution in [1.82, 2.24) is 9.88 Å². The molecular formula is C29H32FN3O3. The molecule has 2 N–H and O–H groups in total. The first-order chi connectivity index (χ1) is 17.5. The average molecular weight is 490 g/mol. The van der Waals surface area contributed by atoms with E-state index < -0.39 is 11.8 Å². The number of rotatable bonds is 9. The highest BCUT2D eigenvalue weighted by molar-refractivity contribution is 5.82. The Balaban J connectivity index is 1.21. The van der Waals surface area contributed by atoms with Gasteiger partial charge in [-0.3, -0.25) is 14.7 Å². The summed E-state index contributed by atoms with van der Waals surface area (Å²) >= 11 is 0. The number of aryl methyl sites for hydroxylation is 1. The smallest absolute Gasteiger partial charge is 0.226 e. The molecule has 36 heavy (non-hydrogen) atoms. The van der Waals surface area contributed by atoms with Gasteiger partial charge in [0.05, 0.1) is 24.8 Å². The minimum atomic E-state index is -0.699. The highest BCUT2D eigenvalue weighted by Crippen LogP contribution is 2.30. The fraction of sp³-hybridized carbons (Fsp3) is 0.379. The molecule has 3 aromatic rings. The van der Waals surface area contributed by atoms with Gasteiger partial charge in [-0.15, -0.1) is 0 Å². The number of nitrogens with two attached hydrogens (primary N) is 1. The first-order valence-electron chi connectivity index (χ1n) is 12.5.